The predicted molar refractivity (Wildman–Crippen MR) is 105 cm³/mol. The standard InChI is InChI=1S/C22H24N2O4/c1-3-28-18-11-9-17(10-12-18)19(25)15-24-20(26)22(2,23-21(24)27)14-13-16-7-5-4-6-8-16/h4-12H,3,13-15H2,1-2H3,(H,23,27)/t22-/m0/s1. The van der Waals surface area contributed by atoms with Gasteiger partial charge < -0.3 is 10.1 Å². The minimum atomic E-state index is -1.01. The Hall–Kier alpha value is -3.15. The molecular formula is C22H24N2O4. The van der Waals surface area contributed by atoms with Crippen molar-refractivity contribution in [2.45, 2.75) is 32.2 Å². The first-order chi connectivity index (χ1) is 13.4. The van der Waals surface area contributed by atoms with E-state index in [2.05, 4.69) is 5.32 Å². The number of hydrogen-bond acceptors (Lipinski definition) is 4. The number of carbonyl (C=O) groups excluding carboxylic acids is 3. The average molecular weight is 380 g/mol. The summed E-state index contributed by atoms with van der Waals surface area (Å²) >= 11 is 0. The van der Waals surface area contributed by atoms with E-state index in [4.69, 9.17) is 4.74 Å². The maximum atomic E-state index is 12.8. The van der Waals surface area contributed by atoms with Crippen molar-refractivity contribution in [3.8, 4) is 5.75 Å². The van der Waals surface area contributed by atoms with Gasteiger partial charge in [0.1, 0.15) is 11.3 Å². The number of aryl methyl sites for hydroxylation is 1. The van der Waals surface area contributed by atoms with Gasteiger partial charge in [0.15, 0.2) is 5.78 Å². The summed E-state index contributed by atoms with van der Waals surface area (Å²) in [5.41, 5.74) is 0.517. The van der Waals surface area contributed by atoms with Crippen LogP contribution in [0.1, 0.15) is 36.2 Å². The van der Waals surface area contributed by atoms with Crippen LogP contribution >= 0.6 is 0 Å². The molecular weight excluding hydrogens is 356 g/mol. The van der Waals surface area contributed by atoms with E-state index in [0.29, 0.717) is 30.8 Å². The second-order valence-corrected chi connectivity index (χ2v) is 7.02. The van der Waals surface area contributed by atoms with Crippen LogP contribution in [-0.2, 0) is 11.2 Å². The van der Waals surface area contributed by atoms with Crippen molar-refractivity contribution >= 4 is 17.7 Å². The molecule has 2 aromatic rings. The van der Waals surface area contributed by atoms with E-state index < -0.39 is 11.6 Å². The van der Waals surface area contributed by atoms with Crippen LogP contribution in [-0.4, -0.2) is 41.3 Å². The van der Waals surface area contributed by atoms with Gasteiger partial charge in [0.05, 0.1) is 13.2 Å². The van der Waals surface area contributed by atoms with E-state index in [9.17, 15) is 14.4 Å². The summed E-state index contributed by atoms with van der Waals surface area (Å²) in [7, 11) is 0. The lowest BCUT2D eigenvalue weighted by Gasteiger charge is -2.21. The molecule has 3 rings (SSSR count). The molecule has 1 saturated heterocycles. The van der Waals surface area contributed by atoms with Crippen molar-refractivity contribution in [2.24, 2.45) is 0 Å². The Morgan fingerprint density at radius 2 is 1.75 bits per heavy atom. The summed E-state index contributed by atoms with van der Waals surface area (Å²) in [6.45, 7) is 3.85. The number of urea groups is 1. The van der Waals surface area contributed by atoms with Crippen LogP contribution in [0.2, 0.25) is 0 Å². The second-order valence-electron chi connectivity index (χ2n) is 7.02. The smallest absolute Gasteiger partial charge is 0.325 e. The van der Waals surface area contributed by atoms with Crippen LogP contribution in [0.4, 0.5) is 4.79 Å². The molecule has 6 nitrogen and oxygen atoms in total. The number of ether oxygens (including phenoxy) is 1. The van der Waals surface area contributed by atoms with Gasteiger partial charge in [-0.15, -0.1) is 0 Å². The molecule has 1 fully saturated rings. The first kappa shape index (κ1) is 19.6. The van der Waals surface area contributed by atoms with E-state index in [1.165, 1.54) is 0 Å². The van der Waals surface area contributed by atoms with Gasteiger partial charge in [-0.1, -0.05) is 30.3 Å². The molecule has 0 saturated carbocycles. The Bertz CT molecular complexity index is 864. The van der Waals surface area contributed by atoms with Crippen molar-refractivity contribution in [3.05, 3.63) is 65.7 Å². The Labute approximate surface area is 164 Å². The summed E-state index contributed by atoms with van der Waals surface area (Å²) in [6, 6.07) is 15.9. The SMILES string of the molecule is CCOc1ccc(C(=O)CN2C(=O)N[C@@](C)(CCc3ccccc3)C2=O)cc1. The molecule has 0 bridgehead atoms. The highest BCUT2D eigenvalue weighted by molar-refractivity contribution is 6.11. The van der Waals surface area contributed by atoms with Gasteiger partial charge in [-0.3, -0.25) is 14.5 Å². The number of carbonyl (C=O) groups is 3. The fourth-order valence-electron chi connectivity index (χ4n) is 3.24. The Morgan fingerprint density at radius 1 is 1.07 bits per heavy atom. The number of benzene rings is 2. The Balaban J connectivity index is 1.64. The Morgan fingerprint density at radius 3 is 2.39 bits per heavy atom. The second kappa shape index (κ2) is 8.25. The quantitative estimate of drug-likeness (QED) is 0.564. The molecule has 28 heavy (non-hydrogen) atoms. The number of nitrogens with one attached hydrogen (secondary N) is 1. The van der Waals surface area contributed by atoms with Crippen molar-refractivity contribution in [3.63, 3.8) is 0 Å². The third-order valence-electron chi connectivity index (χ3n) is 4.89. The summed E-state index contributed by atoms with van der Waals surface area (Å²) in [5, 5.41) is 2.75. The first-order valence-corrected chi connectivity index (χ1v) is 9.37. The van der Waals surface area contributed by atoms with E-state index in [1.54, 1.807) is 31.2 Å². The lowest BCUT2D eigenvalue weighted by molar-refractivity contribution is -0.130. The zero-order valence-electron chi connectivity index (χ0n) is 16.1. The fourth-order valence-corrected chi connectivity index (χ4v) is 3.24. The van der Waals surface area contributed by atoms with Crippen LogP contribution < -0.4 is 10.1 Å². The van der Waals surface area contributed by atoms with E-state index in [0.717, 1.165) is 10.5 Å². The Kier molecular flexibility index (Phi) is 5.78. The molecule has 6 heteroatoms. The van der Waals surface area contributed by atoms with Gasteiger partial charge in [-0.25, -0.2) is 4.79 Å². The first-order valence-electron chi connectivity index (χ1n) is 9.37. The summed E-state index contributed by atoms with van der Waals surface area (Å²) in [6.07, 6.45) is 1.12. The molecule has 2 aromatic carbocycles. The normalized spacial score (nSPS) is 18.9. The number of nitrogens with zero attached hydrogens (tertiary/aromatic N) is 1. The molecule has 3 amide bonds. The van der Waals surface area contributed by atoms with Crippen molar-refractivity contribution in [1.82, 2.24) is 10.2 Å². The van der Waals surface area contributed by atoms with Gasteiger partial charge in [-0.2, -0.15) is 0 Å². The van der Waals surface area contributed by atoms with Gasteiger partial charge in [0.25, 0.3) is 5.91 Å². The molecule has 1 heterocycles. The number of amides is 3. The van der Waals surface area contributed by atoms with E-state index >= 15 is 0 Å². The van der Waals surface area contributed by atoms with Gasteiger partial charge in [0, 0.05) is 5.56 Å². The number of ketones is 1. The highest BCUT2D eigenvalue weighted by Crippen LogP contribution is 2.24. The topological polar surface area (TPSA) is 75.7 Å². The van der Waals surface area contributed by atoms with E-state index in [1.807, 2.05) is 37.3 Å². The number of rotatable bonds is 8. The summed E-state index contributed by atoms with van der Waals surface area (Å²) in [5.74, 6) is 0.00843. The summed E-state index contributed by atoms with van der Waals surface area (Å²) in [4.78, 5) is 38.7. The third-order valence-corrected chi connectivity index (χ3v) is 4.89. The highest BCUT2D eigenvalue weighted by atomic mass is 16.5. The largest absolute Gasteiger partial charge is 0.494 e. The zero-order chi connectivity index (χ0) is 20.1. The van der Waals surface area contributed by atoms with Crippen molar-refractivity contribution in [2.75, 3.05) is 13.2 Å². The fraction of sp³-hybridized carbons (Fsp3) is 0.318. The highest BCUT2D eigenvalue weighted by Gasteiger charge is 2.47. The lowest BCUT2D eigenvalue weighted by Crippen LogP contribution is -2.44. The molecule has 146 valence electrons. The molecule has 0 aromatic heterocycles. The maximum Gasteiger partial charge on any atom is 0.325 e. The summed E-state index contributed by atoms with van der Waals surface area (Å²) < 4.78 is 5.36. The van der Waals surface area contributed by atoms with Crippen LogP contribution in [0.3, 0.4) is 0 Å². The van der Waals surface area contributed by atoms with Crippen LogP contribution in [0.5, 0.6) is 5.75 Å². The minimum absolute atomic E-state index is 0.278. The van der Waals surface area contributed by atoms with Crippen LogP contribution in [0.25, 0.3) is 0 Å². The van der Waals surface area contributed by atoms with Gasteiger partial charge in [0.2, 0.25) is 0 Å². The zero-order valence-corrected chi connectivity index (χ0v) is 16.1. The number of imide groups is 1. The minimum Gasteiger partial charge on any atom is -0.494 e. The molecule has 1 aliphatic heterocycles. The van der Waals surface area contributed by atoms with Crippen molar-refractivity contribution < 1.29 is 19.1 Å². The van der Waals surface area contributed by atoms with Gasteiger partial charge in [-0.05, 0) is 56.5 Å². The maximum absolute atomic E-state index is 12.8. The predicted octanol–water partition coefficient (Wildman–Crippen LogP) is 3.21. The van der Waals surface area contributed by atoms with E-state index in [-0.39, 0.29) is 18.2 Å². The van der Waals surface area contributed by atoms with Crippen LogP contribution in [0.15, 0.2) is 54.6 Å². The lowest BCUT2D eigenvalue weighted by atomic mass is 9.93. The molecule has 1 N–H and O–H groups in total. The third kappa shape index (κ3) is 4.22. The van der Waals surface area contributed by atoms with Crippen LogP contribution in [0, 0.1) is 0 Å². The molecule has 0 spiro atoms. The number of Topliss-reactive ketones (excluding diaryl/α,β-unsaturated/α-hetero) is 1. The molecule has 0 unspecified atom stereocenters. The van der Waals surface area contributed by atoms with Gasteiger partial charge >= 0.3 is 6.03 Å². The number of hydrogen-bond donors (Lipinski definition) is 1. The average Bonchev–Trinajstić information content (AvgIpc) is 2.91. The molecule has 1 aliphatic rings. The molecule has 0 radical (unpaired) electrons. The molecule has 0 aliphatic carbocycles. The molecule has 1 atom stereocenters. The monoisotopic (exact) mass is 380 g/mol. The van der Waals surface area contributed by atoms with Crippen molar-refractivity contribution in [1.29, 1.82) is 0 Å².